The fraction of sp³-hybridized carbons (Fsp3) is 0.667. The summed E-state index contributed by atoms with van der Waals surface area (Å²) in [5.41, 5.74) is 0. The van der Waals surface area contributed by atoms with Crippen molar-refractivity contribution in [1.82, 2.24) is 14.8 Å². The number of aliphatic carboxylic acids is 1. The molecule has 5 nitrogen and oxygen atoms in total. The van der Waals surface area contributed by atoms with Crippen molar-refractivity contribution in [1.29, 1.82) is 0 Å². The maximum atomic E-state index is 10.7. The second kappa shape index (κ2) is 3.08. The zero-order valence-corrected chi connectivity index (χ0v) is 8.27. The molecular formula is C9H13N3O2. The number of aromatic nitrogens is 3. The van der Waals surface area contributed by atoms with Gasteiger partial charge in [0.15, 0.2) is 5.82 Å². The number of carboxylic acids is 1. The third-order valence-corrected chi connectivity index (χ3v) is 2.60. The Balaban J connectivity index is 2.18. The molecule has 1 fully saturated rings. The summed E-state index contributed by atoms with van der Waals surface area (Å²) >= 11 is 0. The van der Waals surface area contributed by atoms with E-state index < -0.39 is 5.97 Å². The van der Waals surface area contributed by atoms with Crippen LogP contribution in [0.2, 0.25) is 0 Å². The molecule has 1 aliphatic rings. The number of aryl methyl sites for hydroxylation is 2. The molecule has 1 aromatic heterocycles. The molecule has 2 unspecified atom stereocenters. The molecule has 0 amide bonds. The Hall–Kier alpha value is -1.39. The molecule has 0 radical (unpaired) electrons. The highest BCUT2D eigenvalue weighted by Gasteiger charge is 2.47. The number of hydrogen-bond acceptors (Lipinski definition) is 3. The summed E-state index contributed by atoms with van der Waals surface area (Å²) in [4.78, 5) is 15.0. The molecule has 14 heavy (non-hydrogen) atoms. The van der Waals surface area contributed by atoms with Gasteiger partial charge in [-0.25, -0.2) is 4.98 Å². The van der Waals surface area contributed by atoms with E-state index in [4.69, 9.17) is 5.11 Å². The Labute approximate surface area is 81.8 Å². The van der Waals surface area contributed by atoms with E-state index in [1.807, 2.05) is 14.0 Å². The lowest BCUT2D eigenvalue weighted by Crippen LogP contribution is -2.03. The molecule has 1 N–H and O–H groups in total. The van der Waals surface area contributed by atoms with Gasteiger partial charge in [0.1, 0.15) is 5.82 Å². The van der Waals surface area contributed by atoms with Gasteiger partial charge in [-0.1, -0.05) is 6.92 Å². The fourth-order valence-corrected chi connectivity index (χ4v) is 1.68. The summed E-state index contributed by atoms with van der Waals surface area (Å²) in [6, 6.07) is 0. The summed E-state index contributed by atoms with van der Waals surface area (Å²) in [6.45, 7) is 1.99. The quantitative estimate of drug-likeness (QED) is 0.765. The molecule has 2 rings (SSSR count). The summed E-state index contributed by atoms with van der Waals surface area (Å²) in [7, 11) is 1.82. The largest absolute Gasteiger partial charge is 0.481 e. The Morgan fingerprint density at radius 3 is 2.86 bits per heavy atom. The maximum absolute atomic E-state index is 10.7. The van der Waals surface area contributed by atoms with Crippen LogP contribution in [0.3, 0.4) is 0 Å². The summed E-state index contributed by atoms with van der Waals surface area (Å²) < 4.78 is 1.70. The first kappa shape index (κ1) is 9.18. The molecule has 0 aromatic carbocycles. The maximum Gasteiger partial charge on any atom is 0.307 e. The lowest BCUT2D eigenvalue weighted by Gasteiger charge is -1.95. The van der Waals surface area contributed by atoms with Gasteiger partial charge >= 0.3 is 5.97 Å². The highest BCUT2D eigenvalue weighted by atomic mass is 16.4. The topological polar surface area (TPSA) is 68.0 Å². The molecular weight excluding hydrogens is 182 g/mol. The highest BCUT2D eigenvalue weighted by Crippen LogP contribution is 2.46. The second-order valence-corrected chi connectivity index (χ2v) is 3.65. The minimum Gasteiger partial charge on any atom is -0.481 e. The number of hydrogen-bond donors (Lipinski definition) is 1. The molecule has 76 valence electrons. The van der Waals surface area contributed by atoms with E-state index in [0.717, 1.165) is 18.1 Å². The minimum absolute atomic E-state index is 0.0744. The summed E-state index contributed by atoms with van der Waals surface area (Å²) in [6.07, 6.45) is 1.49. The molecule has 0 spiro atoms. The third kappa shape index (κ3) is 1.38. The van der Waals surface area contributed by atoms with Gasteiger partial charge in [0.05, 0.1) is 5.92 Å². The zero-order valence-electron chi connectivity index (χ0n) is 8.27. The van der Waals surface area contributed by atoms with E-state index in [9.17, 15) is 4.79 Å². The Morgan fingerprint density at radius 1 is 1.71 bits per heavy atom. The minimum atomic E-state index is -0.726. The Bertz CT molecular complexity index is 372. The SMILES string of the molecule is CCc1nc(C2CC2C(=O)O)n(C)n1. The first-order valence-corrected chi connectivity index (χ1v) is 4.76. The van der Waals surface area contributed by atoms with Gasteiger partial charge in [0, 0.05) is 19.4 Å². The number of carbonyl (C=O) groups is 1. The van der Waals surface area contributed by atoms with Crippen molar-refractivity contribution in [2.45, 2.75) is 25.7 Å². The summed E-state index contributed by atoms with van der Waals surface area (Å²) in [5, 5.41) is 13.0. The standard InChI is InChI=1S/C9H13N3O2/c1-3-7-10-8(12(2)11-7)5-4-6(5)9(13)14/h5-6H,3-4H2,1-2H3,(H,13,14). The van der Waals surface area contributed by atoms with Gasteiger partial charge in [0.2, 0.25) is 0 Å². The zero-order chi connectivity index (χ0) is 10.3. The monoisotopic (exact) mass is 195 g/mol. The van der Waals surface area contributed by atoms with Crippen molar-refractivity contribution in [3.63, 3.8) is 0 Å². The van der Waals surface area contributed by atoms with Gasteiger partial charge in [-0.2, -0.15) is 5.10 Å². The van der Waals surface area contributed by atoms with Crippen LogP contribution in [-0.4, -0.2) is 25.8 Å². The van der Waals surface area contributed by atoms with Crippen LogP contribution < -0.4 is 0 Å². The molecule has 0 aliphatic heterocycles. The lowest BCUT2D eigenvalue weighted by atomic mass is 10.3. The predicted molar refractivity (Wildman–Crippen MR) is 48.9 cm³/mol. The van der Waals surface area contributed by atoms with Crippen molar-refractivity contribution < 1.29 is 9.90 Å². The van der Waals surface area contributed by atoms with Crippen molar-refractivity contribution in [3.05, 3.63) is 11.6 Å². The van der Waals surface area contributed by atoms with E-state index in [0.29, 0.717) is 6.42 Å². The van der Waals surface area contributed by atoms with E-state index in [-0.39, 0.29) is 11.8 Å². The lowest BCUT2D eigenvalue weighted by molar-refractivity contribution is -0.138. The molecule has 2 atom stereocenters. The smallest absolute Gasteiger partial charge is 0.307 e. The number of carboxylic acid groups (broad SMARTS) is 1. The Kier molecular flexibility index (Phi) is 2.02. The van der Waals surface area contributed by atoms with Gasteiger partial charge < -0.3 is 5.11 Å². The Morgan fingerprint density at radius 2 is 2.43 bits per heavy atom. The van der Waals surface area contributed by atoms with E-state index in [1.165, 1.54) is 0 Å². The van der Waals surface area contributed by atoms with E-state index in [2.05, 4.69) is 10.1 Å². The molecule has 1 saturated carbocycles. The average Bonchev–Trinajstić information content (AvgIpc) is 2.84. The van der Waals surface area contributed by atoms with Crippen LogP contribution in [0.25, 0.3) is 0 Å². The van der Waals surface area contributed by atoms with Gasteiger partial charge in [-0.15, -0.1) is 0 Å². The van der Waals surface area contributed by atoms with Crippen LogP contribution in [-0.2, 0) is 18.3 Å². The third-order valence-electron chi connectivity index (χ3n) is 2.60. The molecule has 5 heteroatoms. The molecule has 1 aliphatic carbocycles. The van der Waals surface area contributed by atoms with Crippen molar-refractivity contribution >= 4 is 5.97 Å². The molecule has 0 bridgehead atoms. The van der Waals surface area contributed by atoms with E-state index >= 15 is 0 Å². The summed E-state index contributed by atoms with van der Waals surface area (Å²) in [5.74, 6) is 0.705. The number of nitrogens with zero attached hydrogens (tertiary/aromatic N) is 3. The van der Waals surface area contributed by atoms with Crippen molar-refractivity contribution in [2.24, 2.45) is 13.0 Å². The van der Waals surface area contributed by atoms with Crippen LogP contribution in [0.15, 0.2) is 0 Å². The normalized spacial score (nSPS) is 25.0. The van der Waals surface area contributed by atoms with Crippen LogP contribution >= 0.6 is 0 Å². The molecule has 1 heterocycles. The van der Waals surface area contributed by atoms with Crippen LogP contribution in [0.1, 0.15) is 30.9 Å². The first-order valence-electron chi connectivity index (χ1n) is 4.76. The molecule has 0 saturated heterocycles. The van der Waals surface area contributed by atoms with Crippen LogP contribution in [0.5, 0.6) is 0 Å². The highest BCUT2D eigenvalue weighted by molar-refractivity contribution is 5.74. The first-order chi connectivity index (χ1) is 6.63. The van der Waals surface area contributed by atoms with Gasteiger partial charge in [-0.05, 0) is 6.42 Å². The predicted octanol–water partition coefficient (Wildman–Crippen LogP) is 0.566. The van der Waals surface area contributed by atoms with Crippen LogP contribution in [0, 0.1) is 5.92 Å². The van der Waals surface area contributed by atoms with Gasteiger partial charge in [0.25, 0.3) is 0 Å². The van der Waals surface area contributed by atoms with E-state index in [1.54, 1.807) is 4.68 Å². The van der Waals surface area contributed by atoms with Crippen molar-refractivity contribution in [2.75, 3.05) is 0 Å². The van der Waals surface area contributed by atoms with Crippen LogP contribution in [0.4, 0.5) is 0 Å². The fourth-order valence-electron chi connectivity index (χ4n) is 1.68. The van der Waals surface area contributed by atoms with Gasteiger partial charge in [-0.3, -0.25) is 9.48 Å². The second-order valence-electron chi connectivity index (χ2n) is 3.65. The number of rotatable bonds is 3. The van der Waals surface area contributed by atoms with Crippen molar-refractivity contribution in [3.8, 4) is 0 Å². The molecule has 1 aromatic rings. The average molecular weight is 195 g/mol.